The van der Waals surface area contributed by atoms with Crippen LogP contribution in [0.2, 0.25) is 5.15 Å². The van der Waals surface area contributed by atoms with Gasteiger partial charge in [0.05, 0.1) is 0 Å². The zero-order valence-corrected chi connectivity index (χ0v) is 13.9. The fourth-order valence-corrected chi connectivity index (χ4v) is 4.74. The summed E-state index contributed by atoms with van der Waals surface area (Å²) in [6, 6.07) is 2.10. The smallest absolute Gasteiger partial charge is 0.243 e. The summed E-state index contributed by atoms with van der Waals surface area (Å²) in [5.74, 6) is 0. The largest absolute Gasteiger partial charge is 0.299 e. The molecule has 1 unspecified atom stereocenters. The van der Waals surface area contributed by atoms with Crippen LogP contribution in [0.4, 0.5) is 0 Å². The maximum absolute atomic E-state index is 12.4. The van der Waals surface area contributed by atoms with E-state index in [4.69, 9.17) is 11.6 Å². The van der Waals surface area contributed by atoms with Crippen LogP contribution >= 0.6 is 27.5 Å². The molecule has 1 aliphatic carbocycles. The van der Waals surface area contributed by atoms with Crippen molar-refractivity contribution in [1.82, 2.24) is 14.6 Å². The van der Waals surface area contributed by atoms with E-state index in [1.165, 1.54) is 25.1 Å². The molecule has 0 amide bonds. The number of rotatable bonds is 4. The number of pyridine rings is 1. The molecule has 2 fully saturated rings. The van der Waals surface area contributed by atoms with Gasteiger partial charge in [-0.3, -0.25) is 4.90 Å². The number of halogens is 2. The van der Waals surface area contributed by atoms with Crippen LogP contribution < -0.4 is 4.72 Å². The van der Waals surface area contributed by atoms with Crippen molar-refractivity contribution in [2.45, 2.75) is 36.2 Å². The highest BCUT2D eigenvalue weighted by Crippen LogP contribution is 2.30. The zero-order valence-electron chi connectivity index (χ0n) is 10.7. The molecule has 5 nitrogen and oxygen atoms in total. The van der Waals surface area contributed by atoms with E-state index in [1.54, 1.807) is 0 Å². The van der Waals surface area contributed by atoms with Gasteiger partial charge in [-0.1, -0.05) is 11.6 Å². The molecule has 1 atom stereocenters. The van der Waals surface area contributed by atoms with Gasteiger partial charge in [0.15, 0.2) is 0 Å². The number of nitrogens with zero attached hydrogens (tertiary/aromatic N) is 2. The quantitative estimate of drug-likeness (QED) is 0.812. The third-order valence-electron chi connectivity index (χ3n) is 3.67. The minimum absolute atomic E-state index is 0.00209. The van der Waals surface area contributed by atoms with Gasteiger partial charge in [-0.2, -0.15) is 0 Å². The van der Waals surface area contributed by atoms with Gasteiger partial charge in [0.25, 0.3) is 0 Å². The summed E-state index contributed by atoms with van der Waals surface area (Å²) in [5, 5.41) is -0.00209. The van der Waals surface area contributed by atoms with Crippen LogP contribution in [0.1, 0.15) is 19.3 Å². The number of nitrogens with one attached hydrogen (secondary N) is 1. The second-order valence-electron chi connectivity index (χ2n) is 5.28. The predicted molar refractivity (Wildman–Crippen MR) is 80.3 cm³/mol. The Hall–Kier alpha value is -0.210. The highest BCUT2D eigenvalue weighted by Gasteiger charge is 2.36. The Kier molecular flexibility index (Phi) is 4.07. The van der Waals surface area contributed by atoms with E-state index in [-0.39, 0.29) is 16.1 Å². The molecule has 3 rings (SSSR count). The van der Waals surface area contributed by atoms with Crippen molar-refractivity contribution in [2.75, 3.05) is 13.1 Å². The summed E-state index contributed by atoms with van der Waals surface area (Å²) in [4.78, 5) is 6.24. The second-order valence-corrected chi connectivity index (χ2v) is 8.23. The average molecular weight is 381 g/mol. The molecule has 1 aromatic rings. The summed E-state index contributed by atoms with van der Waals surface area (Å²) in [6.07, 6.45) is 4.79. The first-order chi connectivity index (χ1) is 9.45. The van der Waals surface area contributed by atoms with Crippen molar-refractivity contribution >= 4 is 37.6 Å². The molecule has 20 heavy (non-hydrogen) atoms. The molecule has 0 radical (unpaired) electrons. The van der Waals surface area contributed by atoms with Crippen LogP contribution in [0.5, 0.6) is 0 Å². The molecule has 1 saturated heterocycles. The lowest BCUT2D eigenvalue weighted by Crippen LogP contribution is -2.37. The van der Waals surface area contributed by atoms with Gasteiger partial charge in [0.2, 0.25) is 10.0 Å². The summed E-state index contributed by atoms with van der Waals surface area (Å²) in [7, 11) is -3.63. The van der Waals surface area contributed by atoms with Crippen molar-refractivity contribution < 1.29 is 8.42 Å². The molecular formula is C12H15BrClN3O2S. The predicted octanol–water partition coefficient (Wildman–Crippen LogP) is 2.01. The third kappa shape index (κ3) is 3.17. The number of aromatic nitrogens is 1. The topological polar surface area (TPSA) is 62.3 Å². The van der Waals surface area contributed by atoms with E-state index in [0.29, 0.717) is 10.5 Å². The van der Waals surface area contributed by atoms with Crippen LogP contribution in [0.3, 0.4) is 0 Å². The fourth-order valence-electron chi connectivity index (χ4n) is 2.53. The highest BCUT2D eigenvalue weighted by atomic mass is 79.9. The van der Waals surface area contributed by atoms with Gasteiger partial charge in [-0.15, -0.1) is 0 Å². The first kappa shape index (κ1) is 14.7. The fraction of sp³-hybridized carbons (Fsp3) is 0.583. The van der Waals surface area contributed by atoms with Gasteiger partial charge in [0.1, 0.15) is 10.0 Å². The van der Waals surface area contributed by atoms with E-state index in [0.717, 1.165) is 19.5 Å². The van der Waals surface area contributed by atoms with E-state index in [2.05, 4.69) is 30.5 Å². The first-order valence-corrected chi connectivity index (χ1v) is 9.18. The van der Waals surface area contributed by atoms with Crippen LogP contribution in [0, 0.1) is 0 Å². The van der Waals surface area contributed by atoms with Crippen LogP contribution in [-0.2, 0) is 10.0 Å². The Morgan fingerprint density at radius 1 is 1.40 bits per heavy atom. The summed E-state index contributed by atoms with van der Waals surface area (Å²) in [6.45, 7) is 1.74. The Morgan fingerprint density at radius 2 is 2.15 bits per heavy atom. The number of sulfonamides is 1. The molecule has 1 saturated carbocycles. The monoisotopic (exact) mass is 379 g/mol. The van der Waals surface area contributed by atoms with Crippen LogP contribution in [0.25, 0.3) is 0 Å². The van der Waals surface area contributed by atoms with Crippen molar-refractivity contribution in [1.29, 1.82) is 0 Å². The second kappa shape index (κ2) is 5.53. The zero-order chi connectivity index (χ0) is 14.3. The average Bonchev–Trinajstić information content (AvgIpc) is 3.13. The molecule has 110 valence electrons. The minimum Gasteiger partial charge on any atom is -0.299 e. The van der Waals surface area contributed by atoms with E-state index < -0.39 is 10.0 Å². The van der Waals surface area contributed by atoms with Crippen molar-refractivity contribution in [3.63, 3.8) is 0 Å². The maximum Gasteiger partial charge on any atom is 0.243 e. The van der Waals surface area contributed by atoms with E-state index >= 15 is 0 Å². The van der Waals surface area contributed by atoms with E-state index in [1.807, 2.05) is 0 Å². The van der Waals surface area contributed by atoms with Gasteiger partial charge in [-0.25, -0.2) is 18.1 Å². The SMILES string of the molecule is O=S(=O)(NC1CCN(C2CC2)C1)c1cc(Br)cnc1Cl. The van der Waals surface area contributed by atoms with Gasteiger partial charge >= 0.3 is 0 Å². The lowest BCUT2D eigenvalue weighted by molar-refractivity contribution is 0.322. The minimum atomic E-state index is -3.63. The normalized spacial score (nSPS) is 24.2. The molecular weight excluding hydrogens is 366 g/mol. The van der Waals surface area contributed by atoms with Crippen molar-refractivity contribution in [2.24, 2.45) is 0 Å². The molecule has 8 heteroatoms. The molecule has 0 bridgehead atoms. The Morgan fingerprint density at radius 3 is 2.85 bits per heavy atom. The highest BCUT2D eigenvalue weighted by molar-refractivity contribution is 9.10. The van der Waals surface area contributed by atoms with Gasteiger partial charge < -0.3 is 0 Å². The van der Waals surface area contributed by atoms with Gasteiger partial charge in [-0.05, 0) is 41.3 Å². The lowest BCUT2D eigenvalue weighted by atomic mass is 10.3. The number of hydrogen-bond donors (Lipinski definition) is 1. The molecule has 1 aromatic heterocycles. The van der Waals surface area contributed by atoms with Crippen molar-refractivity contribution in [3.05, 3.63) is 21.9 Å². The van der Waals surface area contributed by atoms with Gasteiger partial charge in [0, 0.05) is 35.8 Å². The Balaban J connectivity index is 1.73. The molecule has 2 aliphatic rings. The maximum atomic E-state index is 12.4. The third-order valence-corrected chi connectivity index (χ3v) is 6.05. The summed E-state index contributed by atoms with van der Waals surface area (Å²) in [5.41, 5.74) is 0. The molecule has 0 spiro atoms. The standard InChI is InChI=1S/C12H15BrClN3O2S/c13-8-5-11(12(14)15-6-8)20(18,19)16-9-3-4-17(7-9)10-1-2-10/h5-6,9-10,16H,1-4,7H2. The summed E-state index contributed by atoms with van der Waals surface area (Å²) < 4.78 is 28.1. The van der Waals surface area contributed by atoms with Crippen LogP contribution in [-0.4, -0.2) is 43.5 Å². The molecule has 1 N–H and O–H groups in total. The van der Waals surface area contributed by atoms with Crippen molar-refractivity contribution in [3.8, 4) is 0 Å². The molecule has 0 aromatic carbocycles. The number of hydrogen-bond acceptors (Lipinski definition) is 4. The van der Waals surface area contributed by atoms with Crippen LogP contribution in [0.15, 0.2) is 21.6 Å². The lowest BCUT2D eigenvalue weighted by Gasteiger charge is -2.16. The summed E-state index contributed by atoms with van der Waals surface area (Å²) >= 11 is 9.11. The van der Waals surface area contributed by atoms with E-state index in [9.17, 15) is 8.42 Å². The Labute approximate surface area is 131 Å². The first-order valence-electron chi connectivity index (χ1n) is 6.53. The molecule has 2 heterocycles. The number of likely N-dealkylation sites (tertiary alicyclic amines) is 1. The Bertz CT molecular complexity index is 621. The molecule has 1 aliphatic heterocycles.